The highest BCUT2D eigenvalue weighted by Crippen LogP contribution is 2.22. The minimum absolute atomic E-state index is 0.0902. The third kappa shape index (κ3) is 6.64. The number of thioether (sulfide) groups is 1. The Morgan fingerprint density at radius 2 is 1.73 bits per heavy atom. The van der Waals surface area contributed by atoms with E-state index >= 15 is 0 Å². The first-order chi connectivity index (χ1) is 14.4. The molecule has 0 bridgehead atoms. The number of nitrogens with one attached hydrogen (secondary N) is 2. The summed E-state index contributed by atoms with van der Waals surface area (Å²) >= 11 is 2.48. The zero-order chi connectivity index (χ0) is 21.5. The number of aromatic nitrogens is 1. The lowest BCUT2D eigenvalue weighted by atomic mass is 10.1. The van der Waals surface area contributed by atoms with Crippen molar-refractivity contribution < 1.29 is 18.4 Å². The van der Waals surface area contributed by atoms with Crippen LogP contribution in [0, 0.1) is 18.6 Å². The molecule has 5 nitrogen and oxygen atoms in total. The van der Waals surface area contributed by atoms with Gasteiger partial charge >= 0.3 is 0 Å². The summed E-state index contributed by atoms with van der Waals surface area (Å²) in [7, 11) is 0. The summed E-state index contributed by atoms with van der Waals surface area (Å²) in [5, 5.41) is 5.79. The van der Waals surface area contributed by atoms with Crippen molar-refractivity contribution in [1.82, 2.24) is 4.98 Å². The van der Waals surface area contributed by atoms with Crippen LogP contribution < -0.4 is 10.6 Å². The number of rotatable bonds is 8. The largest absolute Gasteiger partial charge is 0.325 e. The predicted octanol–water partition coefficient (Wildman–Crippen LogP) is 4.63. The second kappa shape index (κ2) is 10.3. The highest BCUT2D eigenvalue weighted by atomic mass is 32.2. The van der Waals surface area contributed by atoms with Crippen LogP contribution in [0.25, 0.3) is 0 Å². The van der Waals surface area contributed by atoms with E-state index in [2.05, 4.69) is 15.6 Å². The number of anilines is 2. The molecule has 0 aliphatic rings. The summed E-state index contributed by atoms with van der Waals surface area (Å²) in [4.78, 5) is 29.0. The van der Waals surface area contributed by atoms with Gasteiger partial charge in [0.1, 0.15) is 11.6 Å². The number of thiazole rings is 1. The minimum Gasteiger partial charge on any atom is -0.325 e. The molecule has 0 fully saturated rings. The zero-order valence-corrected chi connectivity index (χ0v) is 17.7. The van der Waals surface area contributed by atoms with Crippen molar-refractivity contribution in [2.75, 3.05) is 22.1 Å². The van der Waals surface area contributed by atoms with E-state index in [0.717, 1.165) is 22.2 Å². The lowest BCUT2D eigenvalue weighted by Crippen LogP contribution is -2.18. The lowest BCUT2D eigenvalue weighted by molar-refractivity contribution is -0.114. The maximum Gasteiger partial charge on any atom is 0.236 e. The van der Waals surface area contributed by atoms with Crippen molar-refractivity contribution in [3.63, 3.8) is 0 Å². The normalized spacial score (nSPS) is 10.6. The van der Waals surface area contributed by atoms with Gasteiger partial charge in [-0.3, -0.25) is 9.59 Å². The van der Waals surface area contributed by atoms with E-state index in [-0.39, 0.29) is 35.0 Å². The number of carbonyl (C=O) groups is 2. The van der Waals surface area contributed by atoms with Gasteiger partial charge in [-0.2, -0.15) is 0 Å². The van der Waals surface area contributed by atoms with Crippen LogP contribution in [0.4, 0.5) is 19.6 Å². The fourth-order valence-electron chi connectivity index (χ4n) is 2.52. The Morgan fingerprint density at radius 1 is 1.03 bits per heavy atom. The van der Waals surface area contributed by atoms with E-state index in [4.69, 9.17) is 0 Å². The molecular weight excluding hydrogens is 428 g/mol. The van der Waals surface area contributed by atoms with Gasteiger partial charge in [-0.15, -0.1) is 23.1 Å². The molecule has 2 N–H and O–H groups in total. The molecule has 2 amide bonds. The van der Waals surface area contributed by atoms with Crippen LogP contribution >= 0.6 is 23.1 Å². The number of halogens is 2. The van der Waals surface area contributed by atoms with E-state index < -0.39 is 0 Å². The molecule has 0 aliphatic heterocycles. The van der Waals surface area contributed by atoms with Crippen LogP contribution in [0.2, 0.25) is 0 Å². The maximum atomic E-state index is 13.7. The van der Waals surface area contributed by atoms with Crippen molar-refractivity contribution in [2.45, 2.75) is 13.3 Å². The molecule has 0 spiro atoms. The third-order valence-electron chi connectivity index (χ3n) is 4.01. The monoisotopic (exact) mass is 447 g/mol. The Morgan fingerprint density at radius 3 is 2.43 bits per heavy atom. The van der Waals surface area contributed by atoms with Crippen LogP contribution in [0.15, 0.2) is 48.7 Å². The SMILES string of the molecule is Cc1ccc(Cc2cnc(NC(=O)CSCC(=O)Nc3ccc(F)cc3)s2)cc1F. The van der Waals surface area contributed by atoms with Gasteiger partial charge in [0.25, 0.3) is 0 Å². The van der Waals surface area contributed by atoms with Gasteiger partial charge in [0, 0.05) is 23.2 Å². The Labute approximate surface area is 180 Å². The first kappa shape index (κ1) is 21.9. The van der Waals surface area contributed by atoms with Gasteiger partial charge in [0.2, 0.25) is 11.8 Å². The molecule has 0 aliphatic carbocycles. The fourth-order valence-corrected chi connectivity index (χ4v) is 4.00. The molecule has 30 heavy (non-hydrogen) atoms. The number of aryl methyl sites for hydroxylation is 1. The zero-order valence-electron chi connectivity index (χ0n) is 16.1. The number of benzene rings is 2. The molecule has 2 aromatic carbocycles. The van der Waals surface area contributed by atoms with Gasteiger partial charge in [-0.25, -0.2) is 13.8 Å². The van der Waals surface area contributed by atoms with Gasteiger partial charge in [0.15, 0.2) is 5.13 Å². The van der Waals surface area contributed by atoms with Crippen LogP contribution in [0.5, 0.6) is 0 Å². The summed E-state index contributed by atoms with van der Waals surface area (Å²) in [5.74, 6) is -0.985. The van der Waals surface area contributed by atoms with Crippen LogP contribution in [-0.2, 0) is 16.0 Å². The number of hydrogen-bond donors (Lipinski definition) is 2. The van der Waals surface area contributed by atoms with Crippen LogP contribution in [0.1, 0.15) is 16.0 Å². The Balaban J connectivity index is 1.41. The summed E-state index contributed by atoms with van der Waals surface area (Å²) in [5.41, 5.74) is 1.93. The molecule has 1 heterocycles. The Kier molecular flexibility index (Phi) is 7.53. The number of hydrogen-bond acceptors (Lipinski definition) is 5. The maximum absolute atomic E-state index is 13.7. The van der Waals surface area contributed by atoms with Crippen LogP contribution in [0.3, 0.4) is 0 Å². The van der Waals surface area contributed by atoms with Crippen molar-refractivity contribution in [3.05, 3.63) is 76.3 Å². The van der Waals surface area contributed by atoms with E-state index in [1.807, 2.05) is 6.07 Å². The highest BCUT2D eigenvalue weighted by Gasteiger charge is 2.10. The van der Waals surface area contributed by atoms with E-state index in [1.54, 1.807) is 19.2 Å². The van der Waals surface area contributed by atoms with Crippen molar-refractivity contribution in [3.8, 4) is 0 Å². The molecule has 1 aromatic heterocycles. The molecule has 3 rings (SSSR count). The first-order valence-electron chi connectivity index (χ1n) is 9.02. The predicted molar refractivity (Wildman–Crippen MR) is 117 cm³/mol. The van der Waals surface area contributed by atoms with Gasteiger partial charge < -0.3 is 10.6 Å². The molecule has 3 aromatic rings. The molecule has 0 unspecified atom stereocenters. The third-order valence-corrected chi connectivity index (χ3v) is 5.85. The van der Waals surface area contributed by atoms with Crippen LogP contribution in [-0.4, -0.2) is 28.3 Å². The Bertz CT molecular complexity index is 1040. The van der Waals surface area contributed by atoms with E-state index in [9.17, 15) is 18.4 Å². The molecule has 0 saturated heterocycles. The average molecular weight is 448 g/mol. The summed E-state index contributed by atoms with van der Waals surface area (Å²) in [6.07, 6.45) is 2.18. The minimum atomic E-state index is -0.379. The molecule has 0 saturated carbocycles. The lowest BCUT2D eigenvalue weighted by Gasteiger charge is -2.05. The molecular formula is C21H19F2N3O2S2. The summed E-state index contributed by atoms with van der Waals surface area (Å²) in [6, 6.07) is 10.6. The first-order valence-corrected chi connectivity index (χ1v) is 11.0. The molecule has 0 radical (unpaired) electrons. The number of carbonyl (C=O) groups excluding carboxylic acids is 2. The number of nitrogens with zero attached hydrogens (tertiary/aromatic N) is 1. The second-order valence-electron chi connectivity index (χ2n) is 6.49. The van der Waals surface area contributed by atoms with Gasteiger partial charge in [-0.1, -0.05) is 12.1 Å². The van der Waals surface area contributed by atoms with E-state index in [1.165, 1.54) is 41.7 Å². The molecule has 9 heteroatoms. The van der Waals surface area contributed by atoms with Gasteiger partial charge in [-0.05, 0) is 48.4 Å². The smallest absolute Gasteiger partial charge is 0.236 e. The fraction of sp³-hybridized carbons (Fsp3) is 0.190. The molecule has 156 valence electrons. The van der Waals surface area contributed by atoms with Crippen molar-refractivity contribution in [2.24, 2.45) is 0 Å². The quantitative estimate of drug-likeness (QED) is 0.528. The standard InChI is InChI=1S/C21H19F2N3O2S2/c1-13-2-3-14(9-18(13)23)8-17-10-24-21(30-17)26-20(28)12-29-11-19(27)25-16-6-4-15(22)5-7-16/h2-7,9-10H,8,11-12H2,1H3,(H,25,27)(H,24,26,28). The van der Waals surface area contributed by atoms with Crippen molar-refractivity contribution in [1.29, 1.82) is 0 Å². The van der Waals surface area contributed by atoms with Gasteiger partial charge in [0.05, 0.1) is 11.5 Å². The highest BCUT2D eigenvalue weighted by molar-refractivity contribution is 8.00. The summed E-state index contributed by atoms with van der Waals surface area (Å²) in [6.45, 7) is 1.71. The second-order valence-corrected chi connectivity index (χ2v) is 8.59. The van der Waals surface area contributed by atoms with E-state index in [0.29, 0.717) is 22.8 Å². The molecule has 0 atom stereocenters. The topological polar surface area (TPSA) is 71.1 Å². The summed E-state index contributed by atoms with van der Waals surface area (Å²) < 4.78 is 26.5. The number of amides is 2. The van der Waals surface area contributed by atoms with Crippen molar-refractivity contribution >= 4 is 45.7 Å². The Hall–Kier alpha value is -2.78. The average Bonchev–Trinajstić information content (AvgIpc) is 3.13.